The number of nitriles is 1. The number of hydrogen-bond acceptors (Lipinski definition) is 4. The zero-order chi connectivity index (χ0) is 21.1. The molecule has 1 aliphatic rings. The van der Waals surface area contributed by atoms with Crippen molar-refractivity contribution in [1.29, 1.82) is 5.26 Å². The average molecular weight is 403 g/mol. The second kappa shape index (κ2) is 8.17. The third kappa shape index (κ3) is 3.53. The minimum absolute atomic E-state index is 0.0338. The third-order valence-corrected chi connectivity index (χ3v) is 5.15. The summed E-state index contributed by atoms with van der Waals surface area (Å²) in [5.74, 6) is -1.42. The van der Waals surface area contributed by atoms with E-state index >= 15 is 0 Å². The Bertz CT molecular complexity index is 1170. The quantitative estimate of drug-likeness (QED) is 0.239. The van der Waals surface area contributed by atoms with Gasteiger partial charge in [0, 0.05) is 48.8 Å². The lowest BCUT2D eigenvalue weighted by molar-refractivity contribution is -0.127. The number of carbonyl (C=O) groups is 2. The molecule has 1 aromatic heterocycles. The van der Waals surface area contributed by atoms with E-state index in [4.69, 9.17) is 5.26 Å². The maximum Gasteiger partial charge on any atom is 0.295 e. The van der Waals surface area contributed by atoms with E-state index in [2.05, 4.69) is 9.98 Å². The number of amides is 1. The highest BCUT2D eigenvalue weighted by Crippen LogP contribution is 2.22. The first-order valence-electron chi connectivity index (χ1n) is 9.46. The van der Waals surface area contributed by atoms with Crippen molar-refractivity contribution in [3.8, 4) is 6.19 Å². The summed E-state index contributed by atoms with van der Waals surface area (Å²) in [5.41, 5.74) is 1.31. The van der Waals surface area contributed by atoms with Gasteiger partial charge < -0.3 is 14.8 Å². The standard InChI is InChI=1S/C22H18FN5O2/c23-17-7-4-8-18-19(17)16(13-25-18)20(29)22(30)28-11-9-27(10-12-28)21(26-14-24)15-5-2-1-3-6-15/h1-8,13,25H,9-12H2. The molecule has 8 heteroatoms. The summed E-state index contributed by atoms with van der Waals surface area (Å²) in [4.78, 5) is 35.7. The summed E-state index contributed by atoms with van der Waals surface area (Å²) in [5, 5.41) is 9.18. The van der Waals surface area contributed by atoms with E-state index in [0.717, 1.165) is 5.56 Å². The highest BCUT2D eigenvalue weighted by atomic mass is 19.1. The molecule has 0 saturated carbocycles. The van der Waals surface area contributed by atoms with E-state index in [1.165, 1.54) is 23.2 Å². The van der Waals surface area contributed by atoms with Gasteiger partial charge in [0.25, 0.3) is 11.7 Å². The molecule has 0 spiro atoms. The Morgan fingerprint density at radius 1 is 1.00 bits per heavy atom. The minimum Gasteiger partial charge on any atom is -0.360 e. The number of Topliss-reactive ketones (excluding diaryl/α,β-unsaturated/α-hetero) is 1. The number of piperazine rings is 1. The molecule has 30 heavy (non-hydrogen) atoms. The smallest absolute Gasteiger partial charge is 0.295 e. The molecule has 2 aromatic carbocycles. The van der Waals surface area contributed by atoms with Crippen molar-refractivity contribution in [2.24, 2.45) is 4.99 Å². The Morgan fingerprint density at radius 2 is 1.70 bits per heavy atom. The van der Waals surface area contributed by atoms with Gasteiger partial charge in [0.15, 0.2) is 0 Å². The van der Waals surface area contributed by atoms with Crippen molar-refractivity contribution >= 4 is 28.4 Å². The molecule has 0 aliphatic carbocycles. The van der Waals surface area contributed by atoms with Gasteiger partial charge in [-0.05, 0) is 12.1 Å². The lowest BCUT2D eigenvalue weighted by Gasteiger charge is -2.35. The van der Waals surface area contributed by atoms with E-state index in [1.807, 2.05) is 41.4 Å². The van der Waals surface area contributed by atoms with Gasteiger partial charge in [0.1, 0.15) is 11.7 Å². The number of hydrogen-bond donors (Lipinski definition) is 1. The molecule has 2 heterocycles. The summed E-state index contributed by atoms with van der Waals surface area (Å²) >= 11 is 0. The van der Waals surface area contributed by atoms with Gasteiger partial charge in [-0.1, -0.05) is 36.4 Å². The Balaban J connectivity index is 1.48. The number of aliphatic imine (C=N–C) groups is 1. The zero-order valence-corrected chi connectivity index (χ0v) is 16.0. The van der Waals surface area contributed by atoms with Crippen LogP contribution in [-0.4, -0.2) is 58.5 Å². The number of ketones is 1. The number of amidine groups is 1. The van der Waals surface area contributed by atoms with Crippen LogP contribution < -0.4 is 0 Å². The van der Waals surface area contributed by atoms with Gasteiger partial charge in [-0.25, -0.2) is 4.39 Å². The number of H-pyrrole nitrogens is 1. The van der Waals surface area contributed by atoms with Gasteiger partial charge in [-0.2, -0.15) is 10.3 Å². The van der Waals surface area contributed by atoms with Crippen LogP contribution in [0.25, 0.3) is 10.9 Å². The number of nitrogens with zero attached hydrogens (tertiary/aromatic N) is 4. The molecule has 1 saturated heterocycles. The Hall–Kier alpha value is -3.99. The first kappa shape index (κ1) is 19.3. The molecule has 1 fully saturated rings. The lowest BCUT2D eigenvalue weighted by atomic mass is 10.1. The Kier molecular flexibility index (Phi) is 5.26. The van der Waals surface area contributed by atoms with Gasteiger partial charge in [-0.3, -0.25) is 9.59 Å². The normalized spacial score (nSPS) is 14.6. The van der Waals surface area contributed by atoms with Crippen LogP contribution >= 0.6 is 0 Å². The van der Waals surface area contributed by atoms with Gasteiger partial charge in [0.2, 0.25) is 6.19 Å². The number of halogens is 1. The van der Waals surface area contributed by atoms with Crippen molar-refractivity contribution in [3.05, 3.63) is 71.7 Å². The van der Waals surface area contributed by atoms with Crippen LogP contribution in [0, 0.1) is 17.3 Å². The monoisotopic (exact) mass is 403 g/mol. The van der Waals surface area contributed by atoms with Crippen LogP contribution in [0.5, 0.6) is 0 Å². The van der Waals surface area contributed by atoms with Gasteiger partial charge >= 0.3 is 0 Å². The van der Waals surface area contributed by atoms with Crippen molar-refractivity contribution < 1.29 is 14.0 Å². The van der Waals surface area contributed by atoms with Crippen molar-refractivity contribution in [3.63, 3.8) is 0 Å². The van der Waals surface area contributed by atoms with Gasteiger partial charge in [0.05, 0.1) is 5.56 Å². The number of nitrogens with one attached hydrogen (secondary N) is 1. The predicted molar refractivity (Wildman–Crippen MR) is 109 cm³/mol. The number of aromatic amines is 1. The van der Waals surface area contributed by atoms with Crippen LogP contribution in [-0.2, 0) is 4.79 Å². The summed E-state index contributed by atoms with van der Waals surface area (Å²) in [6, 6.07) is 13.8. The predicted octanol–water partition coefficient (Wildman–Crippen LogP) is 2.56. The number of aromatic nitrogens is 1. The van der Waals surface area contributed by atoms with E-state index < -0.39 is 17.5 Å². The second-order valence-electron chi connectivity index (χ2n) is 6.87. The molecule has 1 aliphatic heterocycles. The lowest BCUT2D eigenvalue weighted by Crippen LogP contribution is -2.52. The molecule has 4 rings (SSSR count). The number of benzene rings is 2. The van der Waals surface area contributed by atoms with Crippen molar-refractivity contribution in [2.75, 3.05) is 26.2 Å². The molecule has 0 bridgehead atoms. The topological polar surface area (TPSA) is 92.6 Å². The molecule has 0 radical (unpaired) electrons. The molecule has 150 valence electrons. The SMILES string of the molecule is N#CN=C(c1ccccc1)N1CCN(C(=O)C(=O)c2c[nH]c3cccc(F)c23)CC1. The van der Waals surface area contributed by atoms with Gasteiger partial charge in [-0.15, -0.1) is 0 Å². The molecule has 3 aromatic rings. The molecule has 1 N–H and O–H groups in total. The van der Waals surface area contributed by atoms with Crippen molar-refractivity contribution in [1.82, 2.24) is 14.8 Å². The van der Waals surface area contributed by atoms with Crippen LogP contribution in [0.15, 0.2) is 59.7 Å². The summed E-state index contributed by atoms with van der Waals surface area (Å²) in [6.45, 7) is 1.45. The molecular weight excluding hydrogens is 385 g/mol. The van der Waals surface area contributed by atoms with E-state index in [-0.39, 0.29) is 10.9 Å². The zero-order valence-electron chi connectivity index (χ0n) is 16.0. The number of fused-ring (bicyclic) bond motifs is 1. The van der Waals surface area contributed by atoms with E-state index in [0.29, 0.717) is 37.5 Å². The molecule has 0 atom stereocenters. The first-order valence-corrected chi connectivity index (χ1v) is 9.46. The maximum atomic E-state index is 14.2. The summed E-state index contributed by atoms with van der Waals surface area (Å²) in [7, 11) is 0. The Labute approximate surface area is 172 Å². The highest BCUT2D eigenvalue weighted by molar-refractivity contribution is 6.44. The molecular formula is C22H18FN5O2. The highest BCUT2D eigenvalue weighted by Gasteiger charge is 2.30. The largest absolute Gasteiger partial charge is 0.360 e. The third-order valence-electron chi connectivity index (χ3n) is 5.15. The van der Waals surface area contributed by atoms with Crippen molar-refractivity contribution in [2.45, 2.75) is 0 Å². The minimum atomic E-state index is -0.742. The fraction of sp³-hybridized carbons (Fsp3) is 0.182. The first-order chi connectivity index (χ1) is 14.6. The van der Waals surface area contributed by atoms with E-state index in [9.17, 15) is 14.0 Å². The van der Waals surface area contributed by atoms with E-state index in [1.54, 1.807) is 6.07 Å². The molecule has 0 unspecified atom stereocenters. The average Bonchev–Trinajstić information content (AvgIpc) is 3.23. The van der Waals surface area contributed by atoms with Crippen LogP contribution in [0.3, 0.4) is 0 Å². The second-order valence-corrected chi connectivity index (χ2v) is 6.87. The van der Waals surface area contributed by atoms with Crippen LogP contribution in [0.4, 0.5) is 4.39 Å². The number of carbonyl (C=O) groups excluding carboxylic acids is 2. The molecule has 1 amide bonds. The fourth-order valence-corrected chi connectivity index (χ4v) is 3.65. The number of rotatable bonds is 3. The Morgan fingerprint density at radius 3 is 2.40 bits per heavy atom. The van der Waals surface area contributed by atoms with Crippen LogP contribution in [0.2, 0.25) is 0 Å². The summed E-state index contributed by atoms with van der Waals surface area (Å²) < 4.78 is 14.2. The fourth-order valence-electron chi connectivity index (χ4n) is 3.65. The summed E-state index contributed by atoms with van der Waals surface area (Å²) in [6.07, 6.45) is 3.20. The maximum absolute atomic E-state index is 14.2. The van der Waals surface area contributed by atoms with Crippen LogP contribution in [0.1, 0.15) is 15.9 Å². The molecule has 7 nitrogen and oxygen atoms in total.